The Hall–Kier alpha value is -8.46. The molecular formula is C66H46N2. The molecule has 0 saturated carbocycles. The highest BCUT2D eigenvalue weighted by Gasteiger charge is 2.52. The topological polar surface area (TPSA) is 6.48 Å². The third kappa shape index (κ3) is 5.23. The molecule has 0 amide bonds. The van der Waals surface area contributed by atoms with Crippen molar-refractivity contribution >= 4 is 55.7 Å². The molecule has 14 rings (SSSR count). The van der Waals surface area contributed by atoms with E-state index >= 15 is 0 Å². The van der Waals surface area contributed by atoms with Crippen LogP contribution >= 0.6 is 0 Å². The summed E-state index contributed by atoms with van der Waals surface area (Å²) in [7, 11) is 0. The van der Waals surface area contributed by atoms with Gasteiger partial charge in [-0.25, -0.2) is 0 Å². The van der Waals surface area contributed by atoms with Crippen molar-refractivity contribution in [2.75, 3.05) is 9.80 Å². The van der Waals surface area contributed by atoms with Crippen LogP contribution < -0.4 is 9.80 Å². The first-order chi connectivity index (χ1) is 33.5. The van der Waals surface area contributed by atoms with Crippen molar-refractivity contribution in [1.82, 2.24) is 0 Å². The van der Waals surface area contributed by atoms with Crippen LogP contribution in [0.3, 0.4) is 0 Å². The Bertz CT molecular complexity index is 3790. The Kier molecular flexibility index (Phi) is 8.28. The van der Waals surface area contributed by atoms with Gasteiger partial charge < -0.3 is 9.80 Å². The van der Waals surface area contributed by atoms with Crippen LogP contribution in [0, 0.1) is 0 Å². The molecule has 0 radical (unpaired) electrons. The summed E-state index contributed by atoms with van der Waals surface area (Å²) in [6, 6.07) is 90.7. The lowest BCUT2D eigenvalue weighted by atomic mass is 9.70. The summed E-state index contributed by atoms with van der Waals surface area (Å²) in [6.07, 6.45) is 0. The van der Waals surface area contributed by atoms with E-state index in [1.165, 1.54) is 105 Å². The van der Waals surface area contributed by atoms with E-state index in [4.69, 9.17) is 0 Å². The molecule has 320 valence electrons. The maximum absolute atomic E-state index is 2.59. The van der Waals surface area contributed by atoms with Crippen molar-refractivity contribution in [1.29, 1.82) is 0 Å². The fraction of sp³-hybridized carbons (Fsp3) is 0.0606. The standard InChI is InChI=1S/C66H46N2/c1-65(2)58-34-16-17-35-60(58)68(64-48-26-9-7-21-44(48)38-40-54(64)49-30-18-22-43-20-6-8-25-47(43)49)62-37-19-36-61(63(62)65)67(45-23-4-3-5-24-45)46-39-41-53-52-29-12-15-33-57(52)66(59(53)42-46)55-31-13-10-27-50(55)51-28-11-14-32-56(51)66/h3-42H,1-2H3. The minimum absolute atomic E-state index is 0.395. The maximum Gasteiger partial charge on any atom is 0.0726 e. The number of rotatable bonds is 5. The summed E-state index contributed by atoms with van der Waals surface area (Å²) in [5.74, 6) is 0. The van der Waals surface area contributed by atoms with E-state index in [1.54, 1.807) is 0 Å². The average Bonchev–Trinajstić information content (AvgIpc) is 3.86. The smallest absolute Gasteiger partial charge is 0.0726 e. The molecule has 0 fully saturated rings. The highest BCUT2D eigenvalue weighted by atomic mass is 15.2. The Morgan fingerprint density at radius 1 is 0.338 bits per heavy atom. The molecule has 0 N–H and O–H groups in total. The minimum Gasteiger partial charge on any atom is -0.310 e. The first-order valence-corrected chi connectivity index (χ1v) is 23.9. The van der Waals surface area contributed by atoms with Gasteiger partial charge in [0.2, 0.25) is 0 Å². The van der Waals surface area contributed by atoms with Crippen LogP contribution in [0.5, 0.6) is 0 Å². The van der Waals surface area contributed by atoms with Gasteiger partial charge in [-0.2, -0.15) is 0 Å². The molecular weight excluding hydrogens is 821 g/mol. The van der Waals surface area contributed by atoms with Crippen molar-refractivity contribution in [2.24, 2.45) is 0 Å². The van der Waals surface area contributed by atoms with Crippen molar-refractivity contribution < 1.29 is 0 Å². The number of hydrogen-bond donors (Lipinski definition) is 0. The maximum atomic E-state index is 2.59. The molecule has 0 atom stereocenters. The number of anilines is 6. The quantitative estimate of drug-likeness (QED) is 0.170. The van der Waals surface area contributed by atoms with Crippen LogP contribution in [-0.4, -0.2) is 0 Å². The van der Waals surface area contributed by atoms with E-state index in [0.29, 0.717) is 0 Å². The van der Waals surface area contributed by atoms with Gasteiger partial charge in [-0.3, -0.25) is 0 Å². The lowest BCUT2D eigenvalue weighted by Gasteiger charge is -2.45. The average molecular weight is 867 g/mol. The van der Waals surface area contributed by atoms with Gasteiger partial charge in [0.25, 0.3) is 0 Å². The Morgan fingerprint density at radius 3 is 1.54 bits per heavy atom. The fourth-order valence-electron chi connectivity index (χ4n) is 12.6. The molecule has 0 bridgehead atoms. The normalized spacial score (nSPS) is 14.2. The molecule has 1 heterocycles. The van der Waals surface area contributed by atoms with Crippen molar-refractivity contribution in [3.8, 4) is 33.4 Å². The molecule has 68 heavy (non-hydrogen) atoms. The van der Waals surface area contributed by atoms with Gasteiger partial charge in [0, 0.05) is 33.3 Å². The Morgan fingerprint density at radius 2 is 0.838 bits per heavy atom. The number of benzene rings is 11. The molecule has 0 unspecified atom stereocenters. The van der Waals surface area contributed by atoms with E-state index in [1.807, 2.05) is 0 Å². The summed E-state index contributed by atoms with van der Waals surface area (Å²) in [5.41, 5.74) is 21.6. The summed E-state index contributed by atoms with van der Waals surface area (Å²) in [6.45, 7) is 4.84. The predicted octanol–water partition coefficient (Wildman–Crippen LogP) is 17.6. The number of fused-ring (bicyclic) bond motifs is 14. The molecule has 1 aliphatic heterocycles. The second-order valence-corrected chi connectivity index (χ2v) is 19.1. The van der Waals surface area contributed by atoms with Crippen LogP contribution in [0.1, 0.15) is 47.2 Å². The van der Waals surface area contributed by atoms with Crippen LogP contribution in [0.25, 0.3) is 54.9 Å². The van der Waals surface area contributed by atoms with Gasteiger partial charge in [0.15, 0.2) is 0 Å². The molecule has 2 nitrogen and oxygen atoms in total. The van der Waals surface area contributed by atoms with E-state index in [2.05, 4.69) is 266 Å². The summed E-state index contributed by atoms with van der Waals surface area (Å²) >= 11 is 0. The zero-order valence-corrected chi connectivity index (χ0v) is 38.0. The SMILES string of the molecule is CC1(C)c2ccccc2N(c2c(-c3cccc4ccccc34)ccc3ccccc23)c2cccc(N(c3ccccc3)c3ccc4c(c3)C3(c5ccccc5-c5ccccc53)c3ccccc3-4)c21. The molecule has 11 aromatic rings. The highest BCUT2D eigenvalue weighted by molar-refractivity contribution is 6.11. The summed E-state index contributed by atoms with van der Waals surface area (Å²) in [5, 5.41) is 4.89. The third-order valence-electron chi connectivity index (χ3n) is 15.4. The second-order valence-electron chi connectivity index (χ2n) is 19.1. The van der Waals surface area contributed by atoms with Crippen molar-refractivity contribution in [3.63, 3.8) is 0 Å². The second kappa shape index (κ2) is 14.5. The number of hydrogen-bond acceptors (Lipinski definition) is 2. The van der Waals surface area contributed by atoms with Gasteiger partial charge in [0.1, 0.15) is 0 Å². The van der Waals surface area contributed by atoms with Gasteiger partial charge >= 0.3 is 0 Å². The lowest BCUT2D eigenvalue weighted by molar-refractivity contribution is 0.632. The van der Waals surface area contributed by atoms with Gasteiger partial charge in [0.05, 0.1) is 28.2 Å². The van der Waals surface area contributed by atoms with Crippen LogP contribution in [-0.2, 0) is 10.8 Å². The Labute approximate surface area is 397 Å². The van der Waals surface area contributed by atoms with Crippen LogP contribution in [0.4, 0.5) is 34.1 Å². The van der Waals surface area contributed by atoms with Crippen molar-refractivity contribution in [2.45, 2.75) is 24.7 Å². The first-order valence-electron chi connectivity index (χ1n) is 23.9. The molecule has 2 aliphatic carbocycles. The molecule has 2 heteroatoms. The van der Waals surface area contributed by atoms with Crippen molar-refractivity contribution in [3.05, 3.63) is 276 Å². The zero-order chi connectivity index (χ0) is 45.1. The molecule has 11 aromatic carbocycles. The summed E-state index contributed by atoms with van der Waals surface area (Å²) in [4.78, 5) is 5.12. The molecule has 0 saturated heterocycles. The molecule has 3 aliphatic rings. The van der Waals surface area contributed by atoms with Gasteiger partial charge in [-0.1, -0.05) is 214 Å². The number of nitrogens with zero attached hydrogens (tertiary/aromatic N) is 2. The lowest BCUT2D eigenvalue weighted by Crippen LogP contribution is -2.33. The van der Waals surface area contributed by atoms with Crippen LogP contribution in [0.15, 0.2) is 243 Å². The molecule has 0 aromatic heterocycles. The van der Waals surface area contributed by atoms with E-state index in [0.717, 1.165) is 17.1 Å². The summed E-state index contributed by atoms with van der Waals surface area (Å²) < 4.78 is 0. The fourth-order valence-corrected chi connectivity index (χ4v) is 12.6. The predicted molar refractivity (Wildman–Crippen MR) is 285 cm³/mol. The molecule has 1 spiro atoms. The van der Waals surface area contributed by atoms with E-state index < -0.39 is 10.8 Å². The third-order valence-corrected chi connectivity index (χ3v) is 15.4. The van der Waals surface area contributed by atoms with E-state index in [-0.39, 0.29) is 0 Å². The Balaban J connectivity index is 1.05. The minimum atomic E-state index is -0.463. The highest BCUT2D eigenvalue weighted by Crippen LogP contribution is 2.64. The monoisotopic (exact) mass is 866 g/mol. The van der Waals surface area contributed by atoms with E-state index in [9.17, 15) is 0 Å². The van der Waals surface area contributed by atoms with Crippen LogP contribution in [0.2, 0.25) is 0 Å². The van der Waals surface area contributed by atoms with Gasteiger partial charge in [-0.05, 0) is 114 Å². The largest absolute Gasteiger partial charge is 0.310 e. The zero-order valence-electron chi connectivity index (χ0n) is 38.0. The first kappa shape index (κ1) is 38.8. The number of para-hydroxylation sites is 2. The van der Waals surface area contributed by atoms with Gasteiger partial charge in [-0.15, -0.1) is 0 Å².